The number of piperazine rings is 1. The Kier molecular flexibility index (Phi) is 3.81. The van der Waals surface area contributed by atoms with Gasteiger partial charge >= 0.3 is 0 Å². The molecule has 1 unspecified atom stereocenters. The molecule has 5 nitrogen and oxygen atoms in total. The number of rotatable bonds is 3. The Morgan fingerprint density at radius 2 is 2.12 bits per heavy atom. The van der Waals surface area contributed by atoms with E-state index in [-0.39, 0.29) is 6.10 Å². The van der Waals surface area contributed by atoms with Crippen LogP contribution in [0.2, 0.25) is 0 Å². The molecule has 1 aliphatic rings. The van der Waals surface area contributed by atoms with Crippen LogP contribution in [0.4, 0.5) is 11.5 Å². The molecule has 0 spiro atoms. The molecule has 2 heterocycles. The van der Waals surface area contributed by atoms with Crippen molar-refractivity contribution in [2.24, 2.45) is 0 Å². The molecule has 1 atom stereocenters. The van der Waals surface area contributed by atoms with Crippen molar-refractivity contribution in [2.45, 2.75) is 13.0 Å². The highest BCUT2D eigenvalue weighted by molar-refractivity contribution is 5.62. The lowest BCUT2D eigenvalue weighted by Crippen LogP contribution is -2.48. The van der Waals surface area contributed by atoms with Gasteiger partial charge in [0.05, 0.1) is 11.8 Å². The van der Waals surface area contributed by atoms with Crippen LogP contribution in [0, 0.1) is 0 Å². The van der Waals surface area contributed by atoms with Crippen LogP contribution in [-0.2, 0) is 0 Å². The second-order valence-corrected chi connectivity index (χ2v) is 4.55. The Balaban J connectivity index is 1.93. The van der Waals surface area contributed by atoms with Crippen LogP contribution in [0.1, 0.15) is 6.92 Å². The second-order valence-electron chi connectivity index (χ2n) is 4.55. The van der Waals surface area contributed by atoms with Gasteiger partial charge in [0, 0.05) is 38.9 Å². The van der Waals surface area contributed by atoms with Gasteiger partial charge in [-0.25, -0.2) is 4.98 Å². The molecule has 0 bridgehead atoms. The SMILES string of the molecule is CC(O)CN1CCN(c2ncccc2N)CC1. The summed E-state index contributed by atoms with van der Waals surface area (Å²) in [5.74, 6) is 0.879. The topological polar surface area (TPSA) is 65.6 Å². The lowest BCUT2D eigenvalue weighted by Gasteiger charge is -2.36. The Bertz CT molecular complexity index is 361. The number of hydrogen-bond donors (Lipinski definition) is 2. The summed E-state index contributed by atoms with van der Waals surface area (Å²) >= 11 is 0. The molecular formula is C12H20N4O. The van der Waals surface area contributed by atoms with Crippen LogP contribution in [-0.4, -0.2) is 53.8 Å². The first-order valence-electron chi connectivity index (χ1n) is 6.02. The molecule has 1 aromatic heterocycles. The van der Waals surface area contributed by atoms with E-state index >= 15 is 0 Å². The zero-order valence-electron chi connectivity index (χ0n) is 10.2. The third-order valence-corrected chi connectivity index (χ3v) is 3.01. The summed E-state index contributed by atoms with van der Waals surface area (Å²) in [6.45, 7) is 6.28. The van der Waals surface area contributed by atoms with E-state index in [1.165, 1.54) is 0 Å². The Morgan fingerprint density at radius 3 is 2.71 bits per heavy atom. The van der Waals surface area contributed by atoms with Gasteiger partial charge in [0.2, 0.25) is 0 Å². The molecule has 94 valence electrons. The zero-order valence-corrected chi connectivity index (χ0v) is 10.2. The minimum atomic E-state index is -0.263. The second kappa shape index (κ2) is 5.33. The molecule has 2 rings (SSSR count). The normalized spacial score (nSPS) is 19.3. The molecule has 0 amide bonds. The third-order valence-electron chi connectivity index (χ3n) is 3.01. The summed E-state index contributed by atoms with van der Waals surface area (Å²) in [7, 11) is 0. The molecule has 17 heavy (non-hydrogen) atoms. The van der Waals surface area contributed by atoms with Crippen molar-refractivity contribution in [2.75, 3.05) is 43.4 Å². The molecular weight excluding hydrogens is 216 g/mol. The average molecular weight is 236 g/mol. The van der Waals surface area contributed by atoms with E-state index in [2.05, 4.69) is 14.8 Å². The monoisotopic (exact) mass is 236 g/mol. The number of nitrogen functional groups attached to an aromatic ring is 1. The number of anilines is 2. The molecule has 1 aromatic rings. The minimum Gasteiger partial charge on any atom is -0.396 e. The fourth-order valence-corrected chi connectivity index (χ4v) is 2.19. The van der Waals surface area contributed by atoms with Gasteiger partial charge in [-0.2, -0.15) is 0 Å². The molecule has 1 aliphatic heterocycles. The van der Waals surface area contributed by atoms with E-state index in [4.69, 9.17) is 5.73 Å². The van der Waals surface area contributed by atoms with Crippen molar-refractivity contribution in [1.82, 2.24) is 9.88 Å². The van der Waals surface area contributed by atoms with Crippen LogP contribution < -0.4 is 10.6 Å². The summed E-state index contributed by atoms with van der Waals surface area (Å²) < 4.78 is 0. The maximum atomic E-state index is 9.34. The Hall–Kier alpha value is -1.33. The van der Waals surface area contributed by atoms with E-state index in [0.29, 0.717) is 0 Å². The van der Waals surface area contributed by atoms with Crippen molar-refractivity contribution in [1.29, 1.82) is 0 Å². The lowest BCUT2D eigenvalue weighted by atomic mass is 10.2. The van der Waals surface area contributed by atoms with Crippen molar-refractivity contribution < 1.29 is 5.11 Å². The first kappa shape index (κ1) is 12.1. The standard InChI is InChI=1S/C12H20N4O/c1-10(17)9-15-5-7-16(8-6-15)12-11(13)3-2-4-14-12/h2-4,10,17H,5-9,13H2,1H3. The Labute approximate surface area is 102 Å². The molecule has 0 aliphatic carbocycles. The number of pyridine rings is 1. The molecule has 1 saturated heterocycles. The van der Waals surface area contributed by atoms with Gasteiger partial charge < -0.3 is 15.7 Å². The maximum Gasteiger partial charge on any atom is 0.151 e. The van der Waals surface area contributed by atoms with E-state index < -0.39 is 0 Å². The highest BCUT2D eigenvalue weighted by Gasteiger charge is 2.19. The van der Waals surface area contributed by atoms with Crippen LogP contribution in [0.25, 0.3) is 0 Å². The van der Waals surface area contributed by atoms with E-state index in [1.807, 2.05) is 19.1 Å². The van der Waals surface area contributed by atoms with Gasteiger partial charge in [-0.05, 0) is 19.1 Å². The summed E-state index contributed by atoms with van der Waals surface area (Å²) in [5, 5.41) is 9.34. The van der Waals surface area contributed by atoms with Crippen molar-refractivity contribution >= 4 is 11.5 Å². The lowest BCUT2D eigenvalue weighted by molar-refractivity contribution is 0.122. The summed E-state index contributed by atoms with van der Waals surface area (Å²) in [4.78, 5) is 8.79. The van der Waals surface area contributed by atoms with Gasteiger partial charge in [0.25, 0.3) is 0 Å². The van der Waals surface area contributed by atoms with Crippen molar-refractivity contribution in [3.63, 3.8) is 0 Å². The largest absolute Gasteiger partial charge is 0.396 e. The number of β-amino-alcohol motifs (C(OH)–C–C–N with tert-alkyl or cyclic N) is 1. The summed E-state index contributed by atoms with van der Waals surface area (Å²) in [5.41, 5.74) is 6.64. The van der Waals surface area contributed by atoms with Crippen LogP contribution in [0.3, 0.4) is 0 Å². The van der Waals surface area contributed by atoms with Crippen LogP contribution in [0.5, 0.6) is 0 Å². The number of aliphatic hydroxyl groups is 1. The minimum absolute atomic E-state index is 0.263. The Morgan fingerprint density at radius 1 is 1.41 bits per heavy atom. The van der Waals surface area contributed by atoms with Gasteiger partial charge in [-0.1, -0.05) is 0 Å². The van der Waals surface area contributed by atoms with E-state index in [0.717, 1.165) is 44.2 Å². The number of aromatic nitrogens is 1. The predicted octanol–water partition coefficient (Wildman–Crippen LogP) is 0.167. The molecule has 5 heteroatoms. The smallest absolute Gasteiger partial charge is 0.151 e. The van der Waals surface area contributed by atoms with Gasteiger partial charge in [0.15, 0.2) is 5.82 Å². The van der Waals surface area contributed by atoms with Crippen molar-refractivity contribution in [3.8, 4) is 0 Å². The molecule has 3 N–H and O–H groups in total. The number of hydrogen-bond acceptors (Lipinski definition) is 5. The van der Waals surface area contributed by atoms with Gasteiger partial charge in [0.1, 0.15) is 0 Å². The van der Waals surface area contributed by atoms with E-state index in [1.54, 1.807) is 6.20 Å². The van der Waals surface area contributed by atoms with Crippen molar-refractivity contribution in [3.05, 3.63) is 18.3 Å². The first-order chi connectivity index (χ1) is 8.16. The highest BCUT2D eigenvalue weighted by Crippen LogP contribution is 2.20. The predicted molar refractivity (Wildman–Crippen MR) is 69.0 cm³/mol. The molecule has 0 radical (unpaired) electrons. The molecule has 1 fully saturated rings. The fourth-order valence-electron chi connectivity index (χ4n) is 2.19. The van der Waals surface area contributed by atoms with Crippen LogP contribution >= 0.6 is 0 Å². The number of nitrogens with zero attached hydrogens (tertiary/aromatic N) is 3. The third kappa shape index (κ3) is 3.08. The zero-order chi connectivity index (χ0) is 12.3. The highest BCUT2D eigenvalue weighted by atomic mass is 16.3. The first-order valence-corrected chi connectivity index (χ1v) is 6.02. The van der Waals surface area contributed by atoms with Crippen LogP contribution in [0.15, 0.2) is 18.3 Å². The maximum absolute atomic E-state index is 9.34. The van der Waals surface area contributed by atoms with Gasteiger partial charge in [-0.15, -0.1) is 0 Å². The number of aliphatic hydroxyl groups excluding tert-OH is 1. The molecule has 0 saturated carbocycles. The quantitative estimate of drug-likeness (QED) is 0.783. The van der Waals surface area contributed by atoms with Gasteiger partial charge in [-0.3, -0.25) is 4.90 Å². The fraction of sp³-hybridized carbons (Fsp3) is 0.583. The number of nitrogens with two attached hydrogens (primary N) is 1. The van der Waals surface area contributed by atoms with E-state index in [9.17, 15) is 5.11 Å². The average Bonchev–Trinajstić information content (AvgIpc) is 2.30. The molecule has 0 aromatic carbocycles. The summed E-state index contributed by atoms with van der Waals surface area (Å²) in [6, 6.07) is 3.73. The summed E-state index contributed by atoms with van der Waals surface area (Å²) in [6.07, 6.45) is 1.51.